The van der Waals surface area contributed by atoms with Crippen LogP contribution in [-0.4, -0.2) is 12.6 Å². The molecule has 0 bridgehead atoms. The van der Waals surface area contributed by atoms with Gasteiger partial charge in [-0.1, -0.05) is 26.2 Å². The summed E-state index contributed by atoms with van der Waals surface area (Å²) < 4.78 is 4.90. The zero-order valence-electron chi connectivity index (χ0n) is 11.0. The van der Waals surface area contributed by atoms with E-state index in [-0.39, 0.29) is 5.97 Å². The van der Waals surface area contributed by atoms with Crippen LogP contribution < -0.4 is 9.62 Å². The van der Waals surface area contributed by atoms with Crippen molar-refractivity contribution in [1.29, 1.82) is 0 Å². The van der Waals surface area contributed by atoms with Gasteiger partial charge in [0.05, 0.1) is 6.61 Å². The molecule has 0 unspecified atom stereocenters. The number of benzene rings is 1. The van der Waals surface area contributed by atoms with Crippen LogP contribution in [0.5, 0.6) is 11.5 Å². The molecule has 0 fully saturated rings. The van der Waals surface area contributed by atoms with Crippen LogP contribution in [0.15, 0.2) is 24.3 Å². The highest BCUT2D eigenvalue weighted by atomic mass is 17.2. The highest BCUT2D eigenvalue weighted by Gasteiger charge is 1.99. The van der Waals surface area contributed by atoms with Gasteiger partial charge in [0.25, 0.3) is 0 Å². The second kappa shape index (κ2) is 8.53. The Morgan fingerprint density at radius 3 is 2.33 bits per heavy atom. The average molecular weight is 252 g/mol. The first-order valence-corrected chi connectivity index (χ1v) is 6.30. The molecule has 0 aliphatic heterocycles. The van der Waals surface area contributed by atoms with E-state index in [2.05, 4.69) is 6.92 Å². The number of hydrogen-bond donors (Lipinski definition) is 0. The van der Waals surface area contributed by atoms with Crippen molar-refractivity contribution in [2.24, 2.45) is 0 Å². The summed E-state index contributed by atoms with van der Waals surface area (Å²) in [5.74, 6) is 0.759. The molecule has 4 nitrogen and oxygen atoms in total. The number of ether oxygens (including phenoxy) is 1. The number of esters is 1. The summed E-state index contributed by atoms with van der Waals surface area (Å²) in [5, 5.41) is 0. The Kier molecular flexibility index (Phi) is 6.87. The van der Waals surface area contributed by atoms with E-state index in [1.54, 1.807) is 24.3 Å². The Balaban J connectivity index is 2.20. The lowest BCUT2D eigenvalue weighted by Gasteiger charge is -2.05. The third kappa shape index (κ3) is 6.25. The van der Waals surface area contributed by atoms with Gasteiger partial charge in [0, 0.05) is 6.92 Å². The predicted molar refractivity (Wildman–Crippen MR) is 68.5 cm³/mol. The molecule has 0 amide bonds. The summed E-state index contributed by atoms with van der Waals surface area (Å²) in [4.78, 5) is 20.9. The van der Waals surface area contributed by atoms with Crippen molar-refractivity contribution in [2.75, 3.05) is 6.61 Å². The summed E-state index contributed by atoms with van der Waals surface area (Å²) in [6, 6.07) is 6.73. The van der Waals surface area contributed by atoms with Gasteiger partial charge in [-0.2, -0.15) is 4.89 Å². The Bertz CT molecular complexity index is 345. The number of unbranched alkanes of at least 4 members (excludes halogenated alkanes) is 3. The van der Waals surface area contributed by atoms with Crippen LogP contribution in [0.1, 0.15) is 39.5 Å². The van der Waals surface area contributed by atoms with Crippen LogP contribution in [0.25, 0.3) is 0 Å². The zero-order chi connectivity index (χ0) is 13.2. The van der Waals surface area contributed by atoms with E-state index < -0.39 is 0 Å². The molecule has 0 radical (unpaired) electrons. The van der Waals surface area contributed by atoms with Crippen LogP contribution >= 0.6 is 0 Å². The van der Waals surface area contributed by atoms with Gasteiger partial charge in [-0.3, -0.25) is 4.79 Å². The summed E-state index contributed by atoms with van der Waals surface area (Å²) in [6.45, 7) is 4.12. The molecule has 0 saturated carbocycles. The van der Waals surface area contributed by atoms with E-state index in [0.29, 0.717) is 18.1 Å². The standard InChI is InChI=1S/C14H20O4/c1-3-4-5-6-11-16-18-14-9-7-13(8-10-14)17-12(2)15/h7-10H,3-6,11H2,1-2H3. The summed E-state index contributed by atoms with van der Waals surface area (Å²) in [7, 11) is 0. The lowest BCUT2D eigenvalue weighted by Crippen LogP contribution is -2.02. The zero-order valence-corrected chi connectivity index (χ0v) is 11.0. The van der Waals surface area contributed by atoms with Crippen LogP contribution in [0.4, 0.5) is 0 Å². The van der Waals surface area contributed by atoms with Crippen LogP contribution in [0.2, 0.25) is 0 Å². The molecule has 0 spiro atoms. The van der Waals surface area contributed by atoms with Crippen LogP contribution in [-0.2, 0) is 9.68 Å². The lowest BCUT2D eigenvalue weighted by molar-refractivity contribution is -0.207. The molecule has 0 aliphatic carbocycles. The van der Waals surface area contributed by atoms with Gasteiger partial charge >= 0.3 is 5.97 Å². The molecule has 1 rings (SSSR count). The smallest absolute Gasteiger partial charge is 0.308 e. The molecule has 0 aliphatic rings. The van der Waals surface area contributed by atoms with Crippen molar-refractivity contribution in [3.8, 4) is 11.5 Å². The van der Waals surface area contributed by atoms with Crippen LogP contribution in [0, 0.1) is 0 Å². The quantitative estimate of drug-likeness (QED) is 0.233. The molecule has 100 valence electrons. The fourth-order valence-corrected chi connectivity index (χ4v) is 1.43. The first-order chi connectivity index (χ1) is 8.72. The van der Waals surface area contributed by atoms with Gasteiger partial charge in [0.2, 0.25) is 0 Å². The van der Waals surface area contributed by atoms with Crippen molar-refractivity contribution >= 4 is 5.97 Å². The van der Waals surface area contributed by atoms with E-state index in [9.17, 15) is 4.79 Å². The molecule has 0 aromatic heterocycles. The lowest BCUT2D eigenvalue weighted by atomic mass is 10.2. The molecule has 4 heteroatoms. The van der Waals surface area contributed by atoms with E-state index in [4.69, 9.17) is 14.5 Å². The largest absolute Gasteiger partial charge is 0.427 e. The van der Waals surface area contributed by atoms with E-state index in [1.807, 2.05) is 0 Å². The fraction of sp³-hybridized carbons (Fsp3) is 0.500. The molecule has 1 aromatic carbocycles. The topological polar surface area (TPSA) is 44.8 Å². The number of hydrogen-bond acceptors (Lipinski definition) is 4. The Morgan fingerprint density at radius 2 is 1.72 bits per heavy atom. The van der Waals surface area contributed by atoms with Crippen molar-refractivity contribution < 1.29 is 19.3 Å². The highest BCUT2D eigenvalue weighted by molar-refractivity contribution is 5.69. The number of carbonyl (C=O) groups is 1. The maximum absolute atomic E-state index is 10.7. The van der Waals surface area contributed by atoms with E-state index in [0.717, 1.165) is 12.8 Å². The van der Waals surface area contributed by atoms with Crippen molar-refractivity contribution in [3.63, 3.8) is 0 Å². The summed E-state index contributed by atoms with van der Waals surface area (Å²) >= 11 is 0. The molecular formula is C14H20O4. The highest BCUT2D eigenvalue weighted by Crippen LogP contribution is 2.17. The molecule has 0 N–H and O–H groups in total. The van der Waals surface area contributed by atoms with Crippen molar-refractivity contribution in [3.05, 3.63) is 24.3 Å². The van der Waals surface area contributed by atoms with Gasteiger partial charge in [0.1, 0.15) is 5.75 Å². The third-order valence-electron chi connectivity index (χ3n) is 2.32. The van der Waals surface area contributed by atoms with E-state index in [1.165, 1.54) is 19.8 Å². The number of carbonyl (C=O) groups excluding carboxylic acids is 1. The minimum absolute atomic E-state index is 0.337. The van der Waals surface area contributed by atoms with E-state index >= 15 is 0 Å². The van der Waals surface area contributed by atoms with Gasteiger partial charge in [-0.05, 0) is 30.7 Å². The molecule has 0 atom stereocenters. The minimum Gasteiger partial charge on any atom is -0.427 e. The maximum Gasteiger partial charge on any atom is 0.308 e. The van der Waals surface area contributed by atoms with Crippen molar-refractivity contribution in [2.45, 2.75) is 39.5 Å². The van der Waals surface area contributed by atoms with Gasteiger partial charge in [-0.15, -0.1) is 0 Å². The molecule has 1 aromatic rings. The third-order valence-corrected chi connectivity index (χ3v) is 2.32. The SMILES string of the molecule is CCCCCCOOc1ccc(OC(C)=O)cc1. The predicted octanol–water partition coefficient (Wildman–Crippen LogP) is 3.50. The molecule has 0 saturated heterocycles. The first-order valence-electron chi connectivity index (χ1n) is 6.30. The fourth-order valence-electron chi connectivity index (χ4n) is 1.43. The molecule has 18 heavy (non-hydrogen) atoms. The Hall–Kier alpha value is -1.55. The Labute approximate surface area is 108 Å². The summed E-state index contributed by atoms with van der Waals surface area (Å²) in [6.07, 6.45) is 4.59. The van der Waals surface area contributed by atoms with Crippen LogP contribution in [0.3, 0.4) is 0 Å². The molecule has 0 heterocycles. The average Bonchev–Trinajstić information content (AvgIpc) is 2.35. The summed E-state index contributed by atoms with van der Waals surface area (Å²) in [5.41, 5.74) is 0. The van der Waals surface area contributed by atoms with Gasteiger partial charge in [0.15, 0.2) is 5.75 Å². The van der Waals surface area contributed by atoms with Gasteiger partial charge in [-0.25, -0.2) is 0 Å². The minimum atomic E-state index is -0.337. The second-order valence-corrected chi connectivity index (χ2v) is 4.03. The maximum atomic E-state index is 10.7. The molecular weight excluding hydrogens is 232 g/mol. The second-order valence-electron chi connectivity index (χ2n) is 4.03. The Morgan fingerprint density at radius 1 is 1.06 bits per heavy atom. The normalized spacial score (nSPS) is 10.1. The monoisotopic (exact) mass is 252 g/mol. The first kappa shape index (κ1) is 14.5. The van der Waals surface area contributed by atoms with Gasteiger partial charge < -0.3 is 9.62 Å². The number of rotatable bonds is 8. The van der Waals surface area contributed by atoms with Crippen molar-refractivity contribution in [1.82, 2.24) is 0 Å².